The van der Waals surface area contributed by atoms with Crippen molar-refractivity contribution in [2.75, 3.05) is 11.8 Å². The summed E-state index contributed by atoms with van der Waals surface area (Å²) in [6.45, 7) is 2.39. The van der Waals surface area contributed by atoms with Gasteiger partial charge in [-0.1, -0.05) is 17.7 Å². The molecule has 0 spiro atoms. The number of nitrogens with zero attached hydrogens (tertiary/aromatic N) is 1. The van der Waals surface area contributed by atoms with Gasteiger partial charge in [0.2, 0.25) is 0 Å². The normalized spacial score (nSPS) is 11.4. The van der Waals surface area contributed by atoms with Gasteiger partial charge in [0.05, 0.1) is 16.9 Å². The molecule has 7 heteroatoms. The van der Waals surface area contributed by atoms with Gasteiger partial charge in [-0.05, 0) is 43.8 Å². The molecule has 0 amide bonds. The van der Waals surface area contributed by atoms with Crippen LogP contribution in [0.4, 0.5) is 5.69 Å². The van der Waals surface area contributed by atoms with Crippen LogP contribution in [-0.4, -0.2) is 20.4 Å². The number of halogens is 1. The maximum absolute atomic E-state index is 12.4. The Morgan fingerprint density at radius 3 is 2.62 bits per heavy atom. The summed E-state index contributed by atoms with van der Waals surface area (Å²) in [6.07, 6.45) is 1.47. The fourth-order valence-electron chi connectivity index (χ4n) is 1.81. The molecule has 0 radical (unpaired) electrons. The van der Waals surface area contributed by atoms with Crippen LogP contribution in [0.3, 0.4) is 0 Å². The van der Waals surface area contributed by atoms with E-state index in [0.717, 1.165) is 11.3 Å². The van der Waals surface area contributed by atoms with E-state index in [1.807, 2.05) is 6.92 Å². The fourth-order valence-corrected chi connectivity index (χ4v) is 3.40. The minimum Gasteiger partial charge on any atom is -0.316 e. The van der Waals surface area contributed by atoms with Crippen LogP contribution >= 0.6 is 11.6 Å². The molecular formula is C14H16ClN3O2S. The number of sulfonamides is 1. The van der Waals surface area contributed by atoms with E-state index in [1.54, 1.807) is 37.4 Å². The summed E-state index contributed by atoms with van der Waals surface area (Å²) < 4.78 is 27.3. The second kappa shape index (κ2) is 6.43. The zero-order chi connectivity index (χ0) is 15.5. The van der Waals surface area contributed by atoms with Crippen molar-refractivity contribution >= 4 is 27.3 Å². The molecule has 2 rings (SSSR count). The third-order valence-electron chi connectivity index (χ3n) is 2.83. The highest BCUT2D eigenvalue weighted by Gasteiger charge is 2.18. The van der Waals surface area contributed by atoms with Gasteiger partial charge in [-0.15, -0.1) is 0 Å². The van der Waals surface area contributed by atoms with E-state index in [4.69, 9.17) is 11.6 Å². The minimum atomic E-state index is -3.75. The van der Waals surface area contributed by atoms with Crippen molar-refractivity contribution in [3.63, 3.8) is 0 Å². The SMILES string of the molecule is CNCc1ccc(Cl)c(S(=O)(=O)Nc2ccc(C)nc2)c1. The predicted octanol–water partition coefficient (Wildman–Crippen LogP) is 2.56. The van der Waals surface area contributed by atoms with E-state index >= 15 is 0 Å². The van der Waals surface area contributed by atoms with Gasteiger partial charge in [0.15, 0.2) is 0 Å². The van der Waals surface area contributed by atoms with Crippen LogP contribution in [0, 0.1) is 6.92 Å². The predicted molar refractivity (Wildman–Crippen MR) is 84.0 cm³/mol. The van der Waals surface area contributed by atoms with Gasteiger partial charge in [-0.25, -0.2) is 8.42 Å². The number of hydrogen-bond donors (Lipinski definition) is 2. The molecule has 2 N–H and O–H groups in total. The number of rotatable bonds is 5. The van der Waals surface area contributed by atoms with Crippen molar-refractivity contribution < 1.29 is 8.42 Å². The van der Waals surface area contributed by atoms with Crippen LogP contribution < -0.4 is 10.0 Å². The maximum atomic E-state index is 12.4. The Hall–Kier alpha value is -1.63. The highest BCUT2D eigenvalue weighted by Crippen LogP contribution is 2.25. The molecular weight excluding hydrogens is 310 g/mol. The molecule has 0 unspecified atom stereocenters. The Morgan fingerprint density at radius 1 is 1.24 bits per heavy atom. The molecule has 0 aliphatic rings. The van der Waals surface area contributed by atoms with Gasteiger partial charge in [0.25, 0.3) is 10.0 Å². The first-order valence-corrected chi connectivity index (χ1v) is 8.17. The van der Waals surface area contributed by atoms with Crippen LogP contribution in [0.1, 0.15) is 11.3 Å². The van der Waals surface area contributed by atoms with Crippen molar-refractivity contribution in [3.8, 4) is 0 Å². The van der Waals surface area contributed by atoms with Crippen molar-refractivity contribution in [3.05, 3.63) is 52.8 Å². The molecule has 0 atom stereocenters. The van der Waals surface area contributed by atoms with Crippen LogP contribution in [0.15, 0.2) is 41.4 Å². The largest absolute Gasteiger partial charge is 0.316 e. The second-order valence-corrected chi connectivity index (χ2v) is 6.65. The zero-order valence-electron chi connectivity index (χ0n) is 11.7. The maximum Gasteiger partial charge on any atom is 0.263 e. The summed E-state index contributed by atoms with van der Waals surface area (Å²) in [7, 11) is -1.96. The van der Waals surface area contributed by atoms with Crippen LogP contribution in [0.2, 0.25) is 5.02 Å². The number of nitrogens with one attached hydrogen (secondary N) is 2. The van der Waals surface area contributed by atoms with E-state index in [0.29, 0.717) is 12.2 Å². The minimum absolute atomic E-state index is 0.0532. The molecule has 0 saturated carbocycles. The Balaban J connectivity index is 2.34. The lowest BCUT2D eigenvalue weighted by Gasteiger charge is -2.11. The summed E-state index contributed by atoms with van der Waals surface area (Å²) in [5.74, 6) is 0. The van der Waals surface area contributed by atoms with Gasteiger partial charge in [0, 0.05) is 12.2 Å². The Kier molecular flexibility index (Phi) is 4.82. The molecule has 1 heterocycles. The lowest BCUT2D eigenvalue weighted by Crippen LogP contribution is -2.15. The van der Waals surface area contributed by atoms with E-state index in [-0.39, 0.29) is 9.92 Å². The molecule has 1 aromatic carbocycles. The molecule has 0 saturated heterocycles. The van der Waals surface area contributed by atoms with Crippen molar-refractivity contribution in [2.24, 2.45) is 0 Å². The van der Waals surface area contributed by atoms with Crippen LogP contribution in [-0.2, 0) is 16.6 Å². The monoisotopic (exact) mass is 325 g/mol. The summed E-state index contributed by atoms with van der Waals surface area (Å²) in [6, 6.07) is 8.31. The molecule has 2 aromatic rings. The molecule has 0 aliphatic heterocycles. The van der Waals surface area contributed by atoms with Crippen LogP contribution in [0.5, 0.6) is 0 Å². The Labute approximate surface area is 129 Å². The van der Waals surface area contributed by atoms with E-state index < -0.39 is 10.0 Å². The first kappa shape index (κ1) is 15.8. The summed E-state index contributed by atoms with van der Waals surface area (Å²) in [5, 5.41) is 3.15. The molecule has 1 aromatic heterocycles. The molecule has 5 nitrogen and oxygen atoms in total. The second-order valence-electron chi connectivity index (χ2n) is 4.59. The number of hydrogen-bond acceptors (Lipinski definition) is 4. The highest BCUT2D eigenvalue weighted by atomic mass is 35.5. The van der Waals surface area contributed by atoms with Gasteiger partial charge in [-0.3, -0.25) is 9.71 Å². The number of benzene rings is 1. The van der Waals surface area contributed by atoms with Gasteiger partial charge in [-0.2, -0.15) is 0 Å². The number of aromatic nitrogens is 1. The average Bonchev–Trinajstić information content (AvgIpc) is 2.43. The zero-order valence-corrected chi connectivity index (χ0v) is 13.3. The molecule has 0 fully saturated rings. The average molecular weight is 326 g/mol. The third kappa shape index (κ3) is 3.93. The molecule has 21 heavy (non-hydrogen) atoms. The summed E-state index contributed by atoms with van der Waals surface area (Å²) in [4.78, 5) is 4.11. The van der Waals surface area contributed by atoms with Crippen molar-refractivity contribution in [1.82, 2.24) is 10.3 Å². The smallest absolute Gasteiger partial charge is 0.263 e. The standard InChI is InChI=1S/C14H16ClN3O2S/c1-10-3-5-12(9-17-10)18-21(19,20)14-7-11(8-16-2)4-6-13(14)15/h3-7,9,16,18H,8H2,1-2H3. The Morgan fingerprint density at radius 2 is 2.00 bits per heavy atom. The van der Waals surface area contributed by atoms with E-state index in [1.165, 1.54) is 6.20 Å². The fraction of sp³-hybridized carbons (Fsp3) is 0.214. The van der Waals surface area contributed by atoms with Crippen molar-refractivity contribution in [1.29, 1.82) is 0 Å². The van der Waals surface area contributed by atoms with Gasteiger partial charge < -0.3 is 5.32 Å². The lowest BCUT2D eigenvalue weighted by molar-refractivity contribution is 0.601. The first-order valence-electron chi connectivity index (χ1n) is 6.31. The first-order chi connectivity index (χ1) is 9.92. The lowest BCUT2D eigenvalue weighted by atomic mass is 10.2. The quantitative estimate of drug-likeness (QED) is 0.886. The van der Waals surface area contributed by atoms with E-state index in [2.05, 4.69) is 15.0 Å². The number of anilines is 1. The summed E-state index contributed by atoms with van der Waals surface area (Å²) >= 11 is 6.02. The highest BCUT2D eigenvalue weighted by molar-refractivity contribution is 7.92. The third-order valence-corrected chi connectivity index (χ3v) is 4.69. The number of aryl methyl sites for hydroxylation is 1. The van der Waals surface area contributed by atoms with Gasteiger partial charge >= 0.3 is 0 Å². The molecule has 0 aliphatic carbocycles. The summed E-state index contributed by atoms with van der Waals surface area (Å²) in [5.41, 5.74) is 2.05. The number of pyridine rings is 1. The molecule has 112 valence electrons. The van der Waals surface area contributed by atoms with E-state index in [9.17, 15) is 8.42 Å². The van der Waals surface area contributed by atoms with Crippen molar-refractivity contribution in [2.45, 2.75) is 18.4 Å². The van der Waals surface area contributed by atoms with Gasteiger partial charge in [0.1, 0.15) is 4.90 Å². The van der Waals surface area contributed by atoms with Crippen LogP contribution in [0.25, 0.3) is 0 Å². The molecule has 0 bridgehead atoms. The topological polar surface area (TPSA) is 71.1 Å². The Bertz CT molecular complexity index is 730.